The van der Waals surface area contributed by atoms with E-state index < -0.39 is 11.9 Å². The zero-order valence-electron chi connectivity index (χ0n) is 14.3. The Labute approximate surface area is 158 Å². The highest BCUT2D eigenvalue weighted by Gasteiger charge is 2.40. The van der Waals surface area contributed by atoms with E-state index in [4.69, 9.17) is 4.74 Å². The van der Waals surface area contributed by atoms with Crippen molar-refractivity contribution in [3.63, 3.8) is 0 Å². The van der Waals surface area contributed by atoms with Gasteiger partial charge in [-0.1, -0.05) is 0 Å². The molecule has 4 rings (SSSR count). The van der Waals surface area contributed by atoms with Crippen LogP contribution in [0.2, 0.25) is 0 Å². The number of benzene rings is 1. The van der Waals surface area contributed by atoms with E-state index in [0.717, 1.165) is 16.7 Å². The number of carbonyl (C=O) groups is 4. The Morgan fingerprint density at radius 1 is 1.22 bits per heavy atom. The van der Waals surface area contributed by atoms with Gasteiger partial charge in [-0.15, -0.1) is 11.3 Å². The molecular formula is C19H16N2O5S. The lowest BCUT2D eigenvalue weighted by molar-refractivity contribution is -0.136. The van der Waals surface area contributed by atoms with Gasteiger partial charge >= 0.3 is 0 Å². The Kier molecular flexibility index (Phi) is 4.49. The van der Waals surface area contributed by atoms with Gasteiger partial charge in [-0.3, -0.25) is 24.5 Å². The summed E-state index contributed by atoms with van der Waals surface area (Å²) in [5.74, 6) is -0.264. The quantitative estimate of drug-likeness (QED) is 0.628. The Morgan fingerprint density at radius 2 is 2.00 bits per heavy atom. The fourth-order valence-corrected chi connectivity index (χ4v) is 4.26. The first-order valence-electron chi connectivity index (χ1n) is 8.49. The highest BCUT2D eigenvalue weighted by atomic mass is 32.1. The lowest BCUT2D eigenvalue weighted by Crippen LogP contribution is -2.52. The van der Waals surface area contributed by atoms with Gasteiger partial charge in [-0.05, 0) is 30.7 Å². The number of carbonyl (C=O) groups excluding carboxylic acids is 4. The molecule has 1 aromatic carbocycles. The molecule has 2 aliphatic rings. The van der Waals surface area contributed by atoms with E-state index in [1.54, 1.807) is 29.6 Å². The molecule has 1 atom stereocenters. The molecule has 0 aliphatic carbocycles. The van der Waals surface area contributed by atoms with Gasteiger partial charge in [0.05, 0.1) is 5.56 Å². The minimum Gasteiger partial charge on any atom is -0.488 e. The normalized spacial score (nSPS) is 19.0. The Bertz CT molecular complexity index is 934. The standard InChI is InChI=1S/C19H16N2O5S/c22-8-11-1-3-12(4-2-11)26-9-16-13-7-21(19(25)14(13)10-27-16)15-5-6-17(23)20-18(15)24/h1-4,8,10,15H,5-7,9H2,(H,20,23,24). The van der Waals surface area contributed by atoms with Gasteiger partial charge in [0.15, 0.2) is 0 Å². The van der Waals surface area contributed by atoms with Gasteiger partial charge in [0, 0.05) is 34.3 Å². The van der Waals surface area contributed by atoms with Crippen molar-refractivity contribution in [2.75, 3.05) is 0 Å². The van der Waals surface area contributed by atoms with Crippen molar-refractivity contribution in [3.8, 4) is 5.75 Å². The molecule has 2 aromatic rings. The summed E-state index contributed by atoms with van der Waals surface area (Å²) in [6.45, 7) is 0.642. The number of fused-ring (bicyclic) bond motifs is 1. The molecule has 3 amide bonds. The van der Waals surface area contributed by atoms with Crippen LogP contribution in [0.25, 0.3) is 0 Å². The summed E-state index contributed by atoms with van der Waals surface area (Å²) in [7, 11) is 0. The third kappa shape index (κ3) is 3.23. The maximum absolute atomic E-state index is 12.7. The summed E-state index contributed by atoms with van der Waals surface area (Å²) in [6, 6.07) is 6.18. The summed E-state index contributed by atoms with van der Waals surface area (Å²) < 4.78 is 5.77. The number of nitrogens with one attached hydrogen (secondary N) is 1. The fourth-order valence-electron chi connectivity index (χ4n) is 3.32. The molecule has 1 aromatic heterocycles. The number of hydrogen-bond acceptors (Lipinski definition) is 6. The monoisotopic (exact) mass is 384 g/mol. The lowest BCUT2D eigenvalue weighted by Gasteiger charge is -2.29. The van der Waals surface area contributed by atoms with Crippen molar-refractivity contribution in [3.05, 3.63) is 51.2 Å². The van der Waals surface area contributed by atoms with E-state index in [1.165, 1.54) is 16.2 Å². The second-order valence-corrected chi connectivity index (χ2v) is 7.39. The molecule has 2 aliphatic heterocycles. The van der Waals surface area contributed by atoms with Crippen molar-refractivity contribution in [1.29, 1.82) is 0 Å². The number of aldehydes is 1. The minimum atomic E-state index is -0.614. The van der Waals surface area contributed by atoms with Gasteiger partial charge < -0.3 is 9.64 Å². The molecule has 1 fully saturated rings. The molecule has 0 radical (unpaired) electrons. The van der Waals surface area contributed by atoms with Crippen molar-refractivity contribution < 1.29 is 23.9 Å². The first kappa shape index (κ1) is 17.4. The number of ether oxygens (including phenoxy) is 1. The van der Waals surface area contributed by atoms with Gasteiger partial charge in [0.1, 0.15) is 24.7 Å². The number of rotatable bonds is 5. The molecule has 8 heteroatoms. The van der Waals surface area contributed by atoms with Crippen molar-refractivity contribution >= 4 is 35.3 Å². The molecule has 3 heterocycles. The number of piperidine rings is 1. The van der Waals surface area contributed by atoms with Crippen LogP contribution in [0.3, 0.4) is 0 Å². The topological polar surface area (TPSA) is 92.8 Å². The maximum Gasteiger partial charge on any atom is 0.256 e. The highest BCUT2D eigenvalue weighted by molar-refractivity contribution is 7.10. The Hall–Kier alpha value is -3.00. The number of imide groups is 1. The second kappa shape index (κ2) is 6.96. The van der Waals surface area contributed by atoms with Crippen LogP contribution in [0, 0.1) is 0 Å². The average Bonchev–Trinajstić information content (AvgIpc) is 3.21. The third-order valence-electron chi connectivity index (χ3n) is 4.77. The van der Waals surface area contributed by atoms with Crippen LogP contribution < -0.4 is 10.1 Å². The minimum absolute atomic E-state index is 0.183. The zero-order valence-corrected chi connectivity index (χ0v) is 15.1. The van der Waals surface area contributed by atoms with Crippen molar-refractivity contribution in [2.45, 2.75) is 32.0 Å². The number of nitrogens with zero attached hydrogens (tertiary/aromatic N) is 1. The molecular weight excluding hydrogens is 368 g/mol. The van der Waals surface area contributed by atoms with Crippen LogP contribution in [0.15, 0.2) is 29.6 Å². The van der Waals surface area contributed by atoms with Crippen LogP contribution in [0.5, 0.6) is 5.75 Å². The molecule has 27 heavy (non-hydrogen) atoms. The fraction of sp³-hybridized carbons (Fsp3) is 0.263. The Balaban J connectivity index is 1.46. The summed E-state index contributed by atoms with van der Waals surface area (Å²) in [5.41, 5.74) is 2.05. The first-order chi connectivity index (χ1) is 13.1. The van der Waals surface area contributed by atoms with Crippen molar-refractivity contribution in [1.82, 2.24) is 10.2 Å². The molecule has 1 unspecified atom stereocenters. The highest BCUT2D eigenvalue weighted by Crippen LogP contribution is 2.34. The predicted molar refractivity (Wildman–Crippen MR) is 96.5 cm³/mol. The van der Waals surface area contributed by atoms with Crippen molar-refractivity contribution in [2.24, 2.45) is 0 Å². The van der Waals surface area contributed by atoms with E-state index in [0.29, 0.717) is 36.4 Å². The molecule has 0 saturated carbocycles. The van der Waals surface area contributed by atoms with Gasteiger partial charge in [0.25, 0.3) is 5.91 Å². The molecule has 7 nitrogen and oxygen atoms in total. The van der Waals surface area contributed by atoms with Gasteiger partial charge in [-0.25, -0.2) is 0 Å². The molecule has 138 valence electrons. The van der Waals surface area contributed by atoms with Crippen LogP contribution in [0.4, 0.5) is 0 Å². The molecule has 0 bridgehead atoms. The summed E-state index contributed by atoms with van der Waals surface area (Å²) in [5, 5.41) is 4.09. The Morgan fingerprint density at radius 3 is 2.70 bits per heavy atom. The predicted octanol–water partition coefficient (Wildman–Crippen LogP) is 1.90. The van der Waals surface area contributed by atoms with E-state index in [2.05, 4.69) is 5.32 Å². The molecule has 1 N–H and O–H groups in total. The SMILES string of the molecule is O=Cc1ccc(OCc2scc3c2CN(C2CCC(=O)NC2=O)C3=O)cc1. The van der Waals surface area contributed by atoms with Crippen LogP contribution in [-0.4, -0.2) is 34.9 Å². The van der Waals surface area contributed by atoms with Crippen LogP contribution in [-0.2, 0) is 22.7 Å². The van der Waals surface area contributed by atoms with Crippen LogP contribution in [0.1, 0.15) is 44.0 Å². The maximum atomic E-state index is 12.7. The smallest absolute Gasteiger partial charge is 0.256 e. The van der Waals surface area contributed by atoms with E-state index in [9.17, 15) is 19.2 Å². The molecule has 1 saturated heterocycles. The average molecular weight is 384 g/mol. The van der Waals surface area contributed by atoms with Gasteiger partial charge in [0.2, 0.25) is 11.8 Å². The summed E-state index contributed by atoms with van der Waals surface area (Å²) in [4.78, 5) is 49.2. The first-order valence-corrected chi connectivity index (χ1v) is 9.36. The lowest BCUT2D eigenvalue weighted by atomic mass is 10.0. The molecule has 0 spiro atoms. The number of amides is 3. The number of thiophene rings is 1. The van der Waals surface area contributed by atoms with Gasteiger partial charge in [-0.2, -0.15) is 0 Å². The van der Waals surface area contributed by atoms with E-state index in [-0.39, 0.29) is 18.2 Å². The van der Waals surface area contributed by atoms with Crippen LogP contribution >= 0.6 is 11.3 Å². The van der Waals surface area contributed by atoms with E-state index in [1.807, 2.05) is 0 Å². The number of hydrogen-bond donors (Lipinski definition) is 1. The zero-order chi connectivity index (χ0) is 19.0. The summed E-state index contributed by atoms with van der Waals surface area (Å²) >= 11 is 1.45. The largest absolute Gasteiger partial charge is 0.488 e. The van der Waals surface area contributed by atoms with E-state index >= 15 is 0 Å². The third-order valence-corrected chi connectivity index (χ3v) is 5.78. The second-order valence-electron chi connectivity index (χ2n) is 6.43. The summed E-state index contributed by atoms with van der Waals surface area (Å²) in [6.07, 6.45) is 1.35.